The number of hydrogen-bond acceptors (Lipinski definition) is 3. The highest BCUT2D eigenvalue weighted by molar-refractivity contribution is 7.89. The van der Waals surface area contributed by atoms with Crippen molar-refractivity contribution in [1.29, 1.82) is 0 Å². The molecule has 1 aromatic carbocycles. The first-order valence-electron chi connectivity index (χ1n) is 6.57. The molecule has 1 N–H and O–H groups in total. The summed E-state index contributed by atoms with van der Waals surface area (Å²) in [6.45, 7) is 5.55. The highest BCUT2D eigenvalue weighted by Crippen LogP contribution is 2.24. The van der Waals surface area contributed by atoms with E-state index < -0.39 is 10.0 Å². The summed E-state index contributed by atoms with van der Waals surface area (Å²) in [5.74, 6) is 0. The Morgan fingerprint density at radius 2 is 1.84 bits per heavy atom. The summed E-state index contributed by atoms with van der Waals surface area (Å²) in [4.78, 5) is 0.286. The van der Waals surface area contributed by atoms with Crippen LogP contribution >= 0.6 is 0 Å². The van der Waals surface area contributed by atoms with Crippen molar-refractivity contribution in [2.45, 2.75) is 51.2 Å². The molecule has 0 spiro atoms. The summed E-state index contributed by atoms with van der Waals surface area (Å²) in [5.41, 5.74) is 1.28. The summed E-state index contributed by atoms with van der Waals surface area (Å²) in [6, 6.07) is 5.02. The van der Waals surface area contributed by atoms with E-state index in [1.807, 2.05) is 13.8 Å². The van der Waals surface area contributed by atoms with E-state index in [1.54, 1.807) is 32.2 Å². The molecule has 0 heterocycles. The minimum atomic E-state index is -3.50. The van der Waals surface area contributed by atoms with E-state index in [9.17, 15) is 13.5 Å². The van der Waals surface area contributed by atoms with Crippen molar-refractivity contribution in [2.24, 2.45) is 0 Å². The van der Waals surface area contributed by atoms with Gasteiger partial charge in [-0.15, -0.1) is 0 Å². The van der Waals surface area contributed by atoms with Crippen LogP contribution in [-0.2, 0) is 16.6 Å². The number of nitrogens with zero attached hydrogens (tertiary/aromatic N) is 1. The molecule has 1 rings (SSSR count). The number of benzene rings is 1. The molecular formula is C14H23NO3S. The van der Waals surface area contributed by atoms with Gasteiger partial charge in [-0.25, -0.2) is 8.42 Å². The van der Waals surface area contributed by atoms with E-state index in [-0.39, 0.29) is 17.5 Å². The molecule has 0 atom stereocenters. The van der Waals surface area contributed by atoms with E-state index in [4.69, 9.17) is 0 Å². The minimum absolute atomic E-state index is 0.00202. The van der Waals surface area contributed by atoms with Gasteiger partial charge in [0.2, 0.25) is 10.0 Å². The Hall–Kier alpha value is -0.910. The zero-order valence-electron chi connectivity index (χ0n) is 12.0. The van der Waals surface area contributed by atoms with E-state index >= 15 is 0 Å². The van der Waals surface area contributed by atoms with Crippen LogP contribution in [0.1, 0.15) is 37.8 Å². The summed E-state index contributed by atoms with van der Waals surface area (Å²) >= 11 is 0. The second-order valence-electron chi connectivity index (χ2n) is 4.69. The van der Waals surface area contributed by atoms with Crippen LogP contribution in [0.25, 0.3) is 0 Å². The monoisotopic (exact) mass is 285 g/mol. The fourth-order valence-corrected chi connectivity index (χ4v) is 4.03. The lowest BCUT2D eigenvalue weighted by atomic mass is 10.1. The maximum Gasteiger partial charge on any atom is 0.243 e. The Morgan fingerprint density at radius 1 is 1.26 bits per heavy atom. The van der Waals surface area contributed by atoms with E-state index in [1.165, 1.54) is 4.31 Å². The lowest BCUT2D eigenvalue weighted by Gasteiger charge is -2.26. The third-order valence-corrected chi connectivity index (χ3v) is 5.73. The van der Waals surface area contributed by atoms with E-state index in [0.717, 1.165) is 12.8 Å². The normalized spacial score (nSPS) is 12.4. The number of hydrogen-bond donors (Lipinski definition) is 1. The Balaban J connectivity index is 3.28. The van der Waals surface area contributed by atoms with Gasteiger partial charge in [0.25, 0.3) is 0 Å². The number of sulfonamides is 1. The molecular weight excluding hydrogens is 262 g/mol. The largest absolute Gasteiger partial charge is 0.392 e. The van der Waals surface area contributed by atoms with Gasteiger partial charge in [-0.1, -0.05) is 26.0 Å². The second kappa shape index (κ2) is 6.50. The number of rotatable bonds is 6. The highest BCUT2D eigenvalue weighted by Gasteiger charge is 2.27. The van der Waals surface area contributed by atoms with Crippen LogP contribution in [0.2, 0.25) is 0 Å². The molecule has 0 bridgehead atoms. The van der Waals surface area contributed by atoms with Gasteiger partial charge in [-0.05, 0) is 37.0 Å². The molecule has 0 aliphatic heterocycles. The Kier molecular flexibility index (Phi) is 5.52. The molecule has 0 unspecified atom stereocenters. The first kappa shape index (κ1) is 16.1. The van der Waals surface area contributed by atoms with Gasteiger partial charge >= 0.3 is 0 Å². The highest BCUT2D eigenvalue weighted by atomic mass is 32.2. The van der Waals surface area contributed by atoms with Crippen LogP contribution in [0.3, 0.4) is 0 Å². The first-order chi connectivity index (χ1) is 8.89. The molecule has 0 aromatic heterocycles. The van der Waals surface area contributed by atoms with Gasteiger partial charge in [0, 0.05) is 13.1 Å². The van der Waals surface area contributed by atoms with Crippen LogP contribution in [0.15, 0.2) is 23.1 Å². The predicted octanol–water partition coefficient (Wildman–Crippen LogP) is 2.30. The zero-order chi connectivity index (χ0) is 14.6. The van der Waals surface area contributed by atoms with Gasteiger partial charge in [0.15, 0.2) is 0 Å². The summed E-state index contributed by atoms with van der Waals surface area (Å²) < 4.78 is 26.7. The minimum Gasteiger partial charge on any atom is -0.392 e. The maximum atomic E-state index is 12.6. The van der Waals surface area contributed by atoms with Crippen LogP contribution in [-0.4, -0.2) is 30.9 Å². The summed E-state index contributed by atoms with van der Waals surface area (Å²) in [7, 11) is -1.88. The van der Waals surface area contributed by atoms with Gasteiger partial charge < -0.3 is 5.11 Å². The molecule has 0 radical (unpaired) electrons. The lowest BCUT2D eigenvalue weighted by molar-refractivity contribution is 0.280. The molecule has 4 nitrogen and oxygen atoms in total. The van der Waals surface area contributed by atoms with Crippen LogP contribution in [0, 0.1) is 6.92 Å². The molecule has 0 saturated carbocycles. The molecule has 0 fully saturated rings. The first-order valence-corrected chi connectivity index (χ1v) is 8.01. The van der Waals surface area contributed by atoms with E-state index in [2.05, 4.69) is 0 Å². The van der Waals surface area contributed by atoms with Gasteiger partial charge in [0.1, 0.15) is 0 Å². The van der Waals surface area contributed by atoms with Crippen LogP contribution < -0.4 is 0 Å². The quantitative estimate of drug-likeness (QED) is 0.872. The van der Waals surface area contributed by atoms with Crippen molar-refractivity contribution in [3.63, 3.8) is 0 Å². The Labute approximate surface area is 116 Å². The third kappa shape index (κ3) is 3.16. The molecule has 19 heavy (non-hydrogen) atoms. The topological polar surface area (TPSA) is 57.6 Å². The molecule has 5 heteroatoms. The standard InChI is InChI=1S/C14H23NO3S/c1-5-13(6-2)15(4)19(17,18)14-9-7-8-12(10-16)11(14)3/h7-9,13,16H,5-6,10H2,1-4H3. The molecule has 0 aliphatic rings. The average Bonchev–Trinajstić information content (AvgIpc) is 2.40. The van der Waals surface area contributed by atoms with Crippen molar-refractivity contribution in [3.8, 4) is 0 Å². The SMILES string of the molecule is CCC(CC)N(C)S(=O)(=O)c1cccc(CO)c1C. The van der Waals surface area contributed by atoms with Crippen molar-refractivity contribution in [1.82, 2.24) is 4.31 Å². The van der Waals surface area contributed by atoms with Gasteiger partial charge in [0.05, 0.1) is 11.5 Å². The molecule has 0 saturated heterocycles. The van der Waals surface area contributed by atoms with Crippen molar-refractivity contribution in [3.05, 3.63) is 29.3 Å². The predicted molar refractivity (Wildman–Crippen MR) is 76.4 cm³/mol. The molecule has 0 aliphatic carbocycles. The zero-order valence-corrected chi connectivity index (χ0v) is 12.9. The third-order valence-electron chi connectivity index (χ3n) is 3.68. The Bertz CT molecular complexity index is 521. The average molecular weight is 285 g/mol. The van der Waals surface area contributed by atoms with Gasteiger partial charge in [-0.2, -0.15) is 4.31 Å². The number of aliphatic hydroxyl groups excluding tert-OH is 1. The van der Waals surface area contributed by atoms with Crippen molar-refractivity contribution >= 4 is 10.0 Å². The van der Waals surface area contributed by atoms with Crippen LogP contribution in [0.5, 0.6) is 0 Å². The fraction of sp³-hybridized carbons (Fsp3) is 0.571. The second-order valence-corrected chi connectivity index (χ2v) is 6.66. The molecule has 108 valence electrons. The van der Waals surface area contributed by atoms with Crippen LogP contribution in [0.4, 0.5) is 0 Å². The molecule has 1 aromatic rings. The van der Waals surface area contributed by atoms with E-state index in [0.29, 0.717) is 11.1 Å². The lowest BCUT2D eigenvalue weighted by Crippen LogP contribution is -2.36. The fourth-order valence-electron chi connectivity index (χ4n) is 2.26. The van der Waals surface area contributed by atoms with Crippen molar-refractivity contribution in [2.75, 3.05) is 7.05 Å². The Morgan fingerprint density at radius 3 is 2.32 bits per heavy atom. The summed E-state index contributed by atoms with van der Waals surface area (Å²) in [6.07, 6.45) is 1.57. The van der Waals surface area contributed by atoms with Gasteiger partial charge in [-0.3, -0.25) is 0 Å². The number of aliphatic hydroxyl groups is 1. The smallest absolute Gasteiger partial charge is 0.243 e. The van der Waals surface area contributed by atoms with Crippen molar-refractivity contribution < 1.29 is 13.5 Å². The maximum absolute atomic E-state index is 12.6. The molecule has 0 amide bonds. The summed E-state index contributed by atoms with van der Waals surface area (Å²) in [5, 5.41) is 9.24.